The SMILES string of the molecule is O=C(CSc1cc(Cl)ccc1Cl)N1CCc2ccc([N+](=O)[O-])cc21. The van der Waals surface area contributed by atoms with Crippen molar-refractivity contribution < 1.29 is 9.72 Å². The predicted octanol–water partition coefficient (Wildman–Crippen LogP) is 4.58. The molecule has 24 heavy (non-hydrogen) atoms. The molecule has 2 aromatic rings. The third-order valence-electron chi connectivity index (χ3n) is 3.72. The van der Waals surface area contributed by atoms with Gasteiger partial charge >= 0.3 is 0 Å². The summed E-state index contributed by atoms with van der Waals surface area (Å²) in [4.78, 5) is 25.3. The minimum absolute atomic E-state index is 0.0148. The number of nitro benzene ring substituents is 1. The van der Waals surface area contributed by atoms with Crippen molar-refractivity contribution in [1.29, 1.82) is 0 Å². The number of carbonyl (C=O) groups excluding carboxylic acids is 1. The van der Waals surface area contributed by atoms with Gasteiger partial charge in [-0.3, -0.25) is 14.9 Å². The van der Waals surface area contributed by atoms with Crippen LogP contribution < -0.4 is 4.90 Å². The molecule has 0 atom stereocenters. The molecule has 1 amide bonds. The first-order chi connectivity index (χ1) is 11.5. The number of fused-ring (bicyclic) bond motifs is 1. The van der Waals surface area contributed by atoms with Crippen molar-refractivity contribution in [2.45, 2.75) is 11.3 Å². The fourth-order valence-corrected chi connectivity index (χ4v) is 3.91. The summed E-state index contributed by atoms with van der Waals surface area (Å²) in [6.07, 6.45) is 0.696. The fraction of sp³-hybridized carbons (Fsp3) is 0.188. The van der Waals surface area contributed by atoms with Gasteiger partial charge in [0.1, 0.15) is 0 Å². The average molecular weight is 383 g/mol. The molecule has 1 aliphatic heterocycles. The maximum absolute atomic E-state index is 12.5. The molecule has 0 aromatic heterocycles. The predicted molar refractivity (Wildman–Crippen MR) is 96.3 cm³/mol. The molecule has 0 N–H and O–H groups in total. The molecule has 124 valence electrons. The lowest BCUT2D eigenvalue weighted by Gasteiger charge is -2.17. The molecule has 3 rings (SSSR count). The van der Waals surface area contributed by atoms with Gasteiger partial charge in [0.2, 0.25) is 5.91 Å². The number of rotatable bonds is 4. The lowest BCUT2D eigenvalue weighted by Crippen LogP contribution is -2.30. The highest BCUT2D eigenvalue weighted by atomic mass is 35.5. The number of halogens is 2. The minimum atomic E-state index is -0.457. The van der Waals surface area contributed by atoms with Crippen LogP contribution in [0.2, 0.25) is 10.0 Å². The van der Waals surface area contributed by atoms with E-state index in [0.717, 1.165) is 10.5 Å². The Labute approximate surface area is 152 Å². The van der Waals surface area contributed by atoms with Gasteiger partial charge in [0.15, 0.2) is 0 Å². The molecule has 0 unspecified atom stereocenters. The van der Waals surface area contributed by atoms with Crippen molar-refractivity contribution in [3.8, 4) is 0 Å². The van der Waals surface area contributed by atoms with Gasteiger partial charge in [0, 0.05) is 28.6 Å². The summed E-state index contributed by atoms with van der Waals surface area (Å²) in [6.45, 7) is 0.527. The quantitative estimate of drug-likeness (QED) is 0.440. The molecule has 2 aromatic carbocycles. The summed E-state index contributed by atoms with van der Waals surface area (Å²) in [5, 5.41) is 12.0. The minimum Gasteiger partial charge on any atom is -0.311 e. The maximum atomic E-state index is 12.5. The second kappa shape index (κ2) is 7.01. The standard InChI is InChI=1S/C16H12Cl2N2O3S/c17-11-2-4-13(18)15(7-11)24-9-16(21)19-6-5-10-1-3-12(20(22)23)8-14(10)19/h1-4,7-8H,5-6,9H2. The summed E-state index contributed by atoms with van der Waals surface area (Å²) in [5.74, 6) is 0.0673. The van der Waals surface area contributed by atoms with Crippen LogP contribution in [0, 0.1) is 10.1 Å². The lowest BCUT2D eigenvalue weighted by atomic mass is 10.1. The molecular formula is C16H12Cl2N2O3S. The highest BCUT2D eigenvalue weighted by Gasteiger charge is 2.26. The van der Waals surface area contributed by atoms with Crippen LogP contribution in [-0.4, -0.2) is 23.1 Å². The number of carbonyl (C=O) groups is 1. The van der Waals surface area contributed by atoms with E-state index in [1.165, 1.54) is 23.9 Å². The lowest BCUT2D eigenvalue weighted by molar-refractivity contribution is -0.384. The smallest absolute Gasteiger partial charge is 0.271 e. The second-order valence-corrected chi connectivity index (χ2v) is 7.09. The Bertz CT molecular complexity index is 829. The number of anilines is 1. The zero-order valence-corrected chi connectivity index (χ0v) is 14.7. The summed E-state index contributed by atoms with van der Waals surface area (Å²) in [5.41, 5.74) is 1.55. The van der Waals surface area contributed by atoms with E-state index in [1.807, 2.05) is 0 Å². The zero-order valence-electron chi connectivity index (χ0n) is 12.4. The molecule has 0 aliphatic carbocycles. The zero-order chi connectivity index (χ0) is 17.3. The van der Waals surface area contributed by atoms with E-state index in [4.69, 9.17) is 23.2 Å². The topological polar surface area (TPSA) is 63.5 Å². The van der Waals surface area contributed by atoms with E-state index in [0.29, 0.717) is 28.7 Å². The van der Waals surface area contributed by atoms with Crippen molar-refractivity contribution in [1.82, 2.24) is 0 Å². The van der Waals surface area contributed by atoms with Crippen molar-refractivity contribution in [3.63, 3.8) is 0 Å². The van der Waals surface area contributed by atoms with Gasteiger partial charge in [0.25, 0.3) is 5.69 Å². The van der Waals surface area contributed by atoms with Crippen LogP contribution in [0.3, 0.4) is 0 Å². The first kappa shape index (κ1) is 17.1. The van der Waals surface area contributed by atoms with Crippen molar-refractivity contribution in [3.05, 3.63) is 62.1 Å². The summed E-state index contributed by atoms with van der Waals surface area (Å²) in [7, 11) is 0. The third-order valence-corrected chi connectivity index (χ3v) is 5.44. The van der Waals surface area contributed by atoms with E-state index in [-0.39, 0.29) is 17.3 Å². The summed E-state index contributed by atoms with van der Waals surface area (Å²) in [6, 6.07) is 9.72. The number of nitrogens with zero attached hydrogens (tertiary/aromatic N) is 2. The van der Waals surface area contributed by atoms with E-state index in [2.05, 4.69) is 0 Å². The van der Waals surface area contributed by atoms with Crippen molar-refractivity contribution >= 4 is 52.2 Å². The first-order valence-corrected chi connectivity index (χ1v) is 8.85. The van der Waals surface area contributed by atoms with Crippen molar-refractivity contribution in [2.24, 2.45) is 0 Å². The Morgan fingerprint density at radius 2 is 2.04 bits per heavy atom. The Balaban J connectivity index is 1.75. The number of thioether (sulfide) groups is 1. The van der Waals surface area contributed by atoms with E-state index in [9.17, 15) is 14.9 Å². The van der Waals surface area contributed by atoms with E-state index in [1.54, 1.807) is 29.2 Å². The summed E-state index contributed by atoms with van der Waals surface area (Å²) >= 11 is 13.3. The molecular weight excluding hydrogens is 371 g/mol. The van der Waals surface area contributed by atoms with Crippen molar-refractivity contribution in [2.75, 3.05) is 17.2 Å². The van der Waals surface area contributed by atoms with Gasteiger partial charge in [-0.1, -0.05) is 29.3 Å². The molecule has 0 spiro atoms. The summed E-state index contributed by atoms with van der Waals surface area (Å²) < 4.78 is 0. The van der Waals surface area contributed by atoms with E-state index < -0.39 is 4.92 Å². The molecule has 1 heterocycles. The van der Waals surface area contributed by atoms with Crippen LogP contribution in [0.1, 0.15) is 5.56 Å². The van der Waals surface area contributed by atoms with Gasteiger partial charge in [-0.2, -0.15) is 0 Å². The number of hydrogen-bond acceptors (Lipinski definition) is 4. The molecule has 8 heteroatoms. The third kappa shape index (κ3) is 3.50. The van der Waals surface area contributed by atoms with Gasteiger partial charge in [0.05, 0.1) is 21.4 Å². The molecule has 0 bridgehead atoms. The molecule has 0 radical (unpaired) electrons. The maximum Gasteiger partial charge on any atom is 0.271 e. The fourth-order valence-electron chi connectivity index (χ4n) is 2.55. The molecule has 0 saturated heterocycles. The van der Waals surface area contributed by atoms with Crippen LogP contribution in [0.4, 0.5) is 11.4 Å². The number of benzene rings is 2. The van der Waals surface area contributed by atoms with Crippen LogP contribution >= 0.6 is 35.0 Å². The number of amides is 1. The highest BCUT2D eigenvalue weighted by molar-refractivity contribution is 8.00. The Morgan fingerprint density at radius 1 is 1.25 bits per heavy atom. The Morgan fingerprint density at radius 3 is 2.79 bits per heavy atom. The normalized spacial score (nSPS) is 13.0. The molecule has 1 aliphatic rings. The molecule has 0 saturated carbocycles. The monoisotopic (exact) mass is 382 g/mol. The van der Waals surface area contributed by atoms with Gasteiger partial charge in [-0.05, 0) is 30.2 Å². The van der Waals surface area contributed by atoms with Gasteiger partial charge in [-0.15, -0.1) is 11.8 Å². The average Bonchev–Trinajstić information content (AvgIpc) is 2.98. The molecule has 0 fully saturated rings. The van der Waals surface area contributed by atoms with Crippen LogP contribution in [0.25, 0.3) is 0 Å². The van der Waals surface area contributed by atoms with Crippen LogP contribution in [-0.2, 0) is 11.2 Å². The number of hydrogen-bond donors (Lipinski definition) is 0. The van der Waals surface area contributed by atoms with E-state index >= 15 is 0 Å². The van der Waals surface area contributed by atoms with Gasteiger partial charge < -0.3 is 4.90 Å². The first-order valence-electron chi connectivity index (χ1n) is 7.11. The Hall–Kier alpha value is -1.76. The van der Waals surface area contributed by atoms with Crippen LogP contribution in [0.5, 0.6) is 0 Å². The number of non-ortho nitro benzene ring substituents is 1. The number of nitro groups is 1. The Kier molecular flexibility index (Phi) is 4.99. The largest absolute Gasteiger partial charge is 0.311 e. The second-order valence-electron chi connectivity index (χ2n) is 5.23. The highest BCUT2D eigenvalue weighted by Crippen LogP contribution is 2.34. The van der Waals surface area contributed by atoms with Crippen LogP contribution in [0.15, 0.2) is 41.3 Å². The van der Waals surface area contributed by atoms with Gasteiger partial charge in [-0.25, -0.2) is 0 Å². The molecule has 5 nitrogen and oxygen atoms in total.